The molecular weight excluding hydrogens is 297 g/mol. The molecule has 2 aromatic rings. The van der Waals surface area contributed by atoms with Crippen molar-refractivity contribution in [3.05, 3.63) is 45.8 Å². The third-order valence-corrected chi connectivity index (χ3v) is 3.59. The van der Waals surface area contributed by atoms with Crippen LogP contribution in [0.3, 0.4) is 0 Å². The zero-order valence-corrected chi connectivity index (χ0v) is 12.1. The largest absolute Gasteiger partial charge is 0.362 e. The number of benzene rings is 1. The molecule has 1 unspecified atom stereocenters. The van der Waals surface area contributed by atoms with Crippen molar-refractivity contribution in [2.75, 3.05) is 5.32 Å². The standard InChI is InChI=1S/C13H15BrFN3/c1-8-6-13(17-18(8)3)16-9(2)11-5-4-10(15)7-12(11)14/h4-7,9H,1-3H3,(H,16,17). The minimum absolute atomic E-state index is 0.0503. The first-order valence-electron chi connectivity index (χ1n) is 5.69. The van der Waals surface area contributed by atoms with E-state index in [2.05, 4.69) is 26.3 Å². The number of nitrogens with one attached hydrogen (secondary N) is 1. The van der Waals surface area contributed by atoms with Gasteiger partial charge in [0.1, 0.15) is 11.6 Å². The molecule has 96 valence electrons. The first-order valence-corrected chi connectivity index (χ1v) is 6.49. The molecule has 0 aliphatic rings. The van der Waals surface area contributed by atoms with E-state index in [1.807, 2.05) is 31.6 Å². The van der Waals surface area contributed by atoms with Gasteiger partial charge in [-0.3, -0.25) is 4.68 Å². The molecule has 18 heavy (non-hydrogen) atoms. The lowest BCUT2D eigenvalue weighted by Crippen LogP contribution is -2.08. The molecule has 2 rings (SSSR count). The Morgan fingerprint density at radius 1 is 1.39 bits per heavy atom. The van der Waals surface area contributed by atoms with E-state index in [9.17, 15) is 4.39 Å². The number of nitrogens with zero attached hydrogens (tertiary/aromatic N) is 2. The SMILES string of the molecule is Cc1cc(NC(C)c2ccc(F)cc2Br)nn1C. The minimum Gasteiger partial charge on any atom is -0.362 e. The lowest BCUT2D eigenvalue weighted by Gasteiger charge is -2.15. The van der Waals surface area contributed by atoms with Gasteiger partial charge in [0.15, 0.2) is 0 Å². The monoisotopic (exact) mass is 311 g/mol. The van der Waals surface area contributed by atoms with E-state index in [0.29, 0.717) is 0 Å². The van der Waals surface area contributed by atoms with Gasteiger partial charge in [0.05, 0.1) is 6.04 Å². The normalized spacial score (nSPS) is 12.5. The van der Waals surface area contributed by atoms with Crippen molar-refractivity contribution in [1.29, 1.82) is 0 Å². The maximum Gasteiger partial charge on any atom is 0.148 e. The zero-order valence-electron chi connectivity index (χ0n) is 10.5. The van der Waals surface area contributed by atoms with E-state index in [0.717, 1.165) is 21.5 Å². The lowest BCUT2D eigenvalue weighted by atomic mass is 10.1. The van der Waals surface area contributed by atoms with Crippen LogP contribution in [0.25, 0.3) is 0 Å². The molecule has 0 fully saturated rings. The van der Waals surface area contributed by atoms with Gasteiger partial charge in [0.25, 0.3) is 0 Å². The number of halogens is 2. The molecule has 0 bridgehead atoms. The molecule has 1 heterocycles. The fourth-order valence-electron chi connectivity index (χ4n) is 1.78. The molecule has 5 heteroatoms. The highest BCUT2D eigenvalue weighted by atomic mass is 79.9. The van der Waals surface area contributed by atoms with E-state index in [1.165, 1.54) is 12.1 Å². The minimum atomic E-state index is -0.244. The summed E-state index contributed by atoms with van der Waals surface area (Å²) in [6.07, 6.45) is 0. The molecule has 1 atom stereocenters. The van der Waals surface area contributed by atoms with Gasteiger partial charge in [-0.1, -0.05) is 22.0 Å². The highest BCUT2D eigenvalue weighted by Gasteiger charge is 2.11. The number of aryl methyl sites for hydroxylation is 2. The summed E-state index contributed by atoms with van der Waals surface area (Å²) < 4.78 is 15.6. The first-order chi connectivity index (χ1) is 8.47. The average Bonchev–Trinajstić information content (AvgIpc) is 2.57. The van der Waals surface area contributed by atoms with Crippen LogP contribution in [0, 0.1) is 12.7 Å². The maximum atomic E-state index is 13.0. The van der Waals surface area contributed by atoms with Crippen molar-refractivity contribution in [2.24, 2.45) is 7.05 Å². The summed E-state index contributed by atoms with van der Waals surface area (Å²) in [5.74, 6) is 0.574. The molecule has 0 radical (unpaired) electrons. The van der Waals surface area contributed by atoms with E-state index in [1.54, 1.807) is 6.07 Å². The molecule has 1 aromatic carbocycles. The van der Waals surface area contributed by atoms with Crippen LogP contribution in [0.4, 0.5) is 10.2 Å². The Morgan fingerprint density at radius 2 is 2.11 bits per heavy atom. The molecule has 0 aliphatic heterocycles. The van der Waals surface area contributed by atoms with Crippen molar-refractivity contribution in [3.63, 3.8) is 0 Å². The van der Waals surface area contributed by atoms with Gasteiger partial charge < -0.3 is 5.32 Å². The lowest BCUT2D eigenvalue weighted by molar-refractivity contribution is 0.625. The fraction of sp³-hybridized carbons (Fsp3) is 0.308. The molecule has 0 spiro atoms. The summed E-state index contributed by atoms with van der Waals surface area (Å²) in [5, 5.41) is 7.63. The van der Waals surface area contributed by atoms with Crippen LogP contribution >= 0.6 is 15.9 Å². The van der Waals surface area contributed by atoms with Crippen LogP contribution in [0.15, 0.2) is 28.7 Å². The molecule has 1 aromatic heterocycles. The Kier molecular flexibility index (Phi) is 3.71. The van der Waals surface area contributed by atoms with E-state index >= 15 is 0 Å². The molecule has 0 amide bonds. The summed E-state index contributed by atoms with van der Waals surface area (Å²) in [5.41, 5.74) is 2.09. The van der Waals surface area contributed by atoms with Gasteiger partial charge in [0, 0.05) is 23.3 Å². The molecule has 0 saturated carbocycles. The highest BCUT2D eigenvalue weighted by Crippen LogP contribution is 2.26. The van der Waals surface area contributed by atoms with Crippen molar-refractivity contribution < 1.29 is 4.39 Å². The van der Waals surface area contributed by atoms with Crippen molar-refractivity contribution >= 4 is 21.7 Å². The number of hydrogen-bond acceptors (Lipinski definition) is 2. The second-order valence-corrected chi connectivity index (χ2v) is 5.18. The number of hydrogen-bond donors (Lipinski definition) is 1. The third kappa shape index (κ3) is 2.72. The Hall–Kier alpha value is -1.36. The van der Waals surface area contributed by atoms with Gasteiger partial charge in [-0.15, -0.1) is 0 Å². The zero-order chi connectivity index (χ0) is 13.3. The van der Waals surface area contributed by atoms with Crippen molar-refractivity contribution in [3.8, 4) is 0 Å². The van der Waals surface area contributed by atoms with E-state index in [-0.39, 0.29) is 11.9 Å². The van der Waals surface area contributed by atoms with Gasteiger partial charge in [-0.25, -0.2) is 4.39 Å². The van der Waals surface area contributed by atoms with Crippen LogP contribution in [-0.2, 0) is 7.05 Å². The topological polar surface area (TPSA) is 29.9 Å². The maximum absolute atomic E-state index is 13.0. The molecular formula is C13H15BrFN3. The van der Waals surface area contributed by atoms with Gasteiger partial charge in [-0.05, 0) is 31.5 Å². The second-order valence-electron chi connectivity index (χ2n) is 4.33. The Labute approximate surface area is 114 Å². The van der Waals surface area contributed by atoms with E-state index < -0.39 is 0 Å². The van der Waals surface area contributed by atoms with Crippen LogP contribution in [0.5, 0.6) is 0 Å². The van der Waals surface area contributed by atoms with E-state index in [4.69, 9.17) is 0 Å². The van der Waals surface area contributed by atoms with Crippen LogP contribution in [0.2, 0.25) is 0 Å². The van der Waals surface area contributed by atoms with Crippen LogP contribution in [-0.4, -0.2) is 9.78 Å². The van der Waals surface area contributed by atoms with Gasteiger partial charge in [0.2, 0.25) is 0 Å². The van der Waals surface area contributed by atoms with Crippen molar-refractivity contribution in [2.45, 2.75) is 19.9 Å². The summed E-state index contributed by atoms with van der Waals surface area (Å²) in [6, 6.07) is 6.73. The number of aromatic nitrogens is 2. The molecule has 0 saturated heterocycles. The molecule has 1 N–H and O–H groups in total. The molecule has 3 nitrogen and oxygen atoms in total. The predicted molar refractivity (Wildman–Crippen MR) is 74.1 cm³/mol. The first kappa shape index (κ1) is 13.1. The Bertz CT molecular complexity index is 546. The predicted octanol–water partition coefficient (Wildman–Crippen LogP) is 3.80. The Morgan fingerprint density at radius 3 is 2.67 bits per heavy atom. The summed E-state index contributed by atoms with van der Waals surface area (Å²) in [7, 11) is 1.90. The Balaban J connectivity index is 2.19. The summed E-state index contributed by atoms with van der Waals surface area (Å²) in [6.45, 7) is 4.01. The van der Waals surface area contributed by atoms with Crippen LogP contribution < -0.4 is 5.32 Å². The number of rotatable bonds is 3. The molecule has 0 aliphatic carbocycles. The number of anilines is 1. The van der Waals surface area contributed by atoms with Crippen molar-refractivity contribution in [1.82, 2.24) is 9.78 Å². The summed E-state index contributed by atoms with van der Waals surface area (Å²) >= 11 is 3.38. The third-order valence-electron chi connectivity index (χ3n) is 2.91. The summed E-state index contributed by atoms with van der Waals surface area (Å²) in [4.78, 5) is 0. The second kappa shape index (κ2) is 5.10. The fourth-order valence-corrected chi connectivity index (χ4v) is 2.48. The van der Waals surface area contributed by atoms with Crippen LogP contribution in [0.1, 0.15) is 24.2 Å². The highest BCUT2D eigenvalue weighted by molar-refractivity contribution is 9.10. The van der Waals surface area contributed by atoms with Gasteiger partial charge in [-0.2, -0.15) is 5.10 Å². The smallest absolute Gasteiger partial charge is 0.148 e. The quantitative estimate of drug-likeness (QED) is 0.934. The average molecular weight is 312 g/mol. The van der Waals surface area contributed by atoms with Gasteiger partial charge >= 0.3 is 0 Å².